The first-order valence-electron chi connectivity index (χ1n) is 10.2. The molecule has 0 spiro atoms. The van der Waals surface area contributed by atoms with Crippen molar-refractivity contribution in [1.29, 1.82) is 0 Å². The van der Waals surface area contributed by atoms with E-state index in [2.05, 4.69) is 58.5 Å². The number of hydrogen-bond acceptors (Lipinski definition) is 5. The van der Waals surface area contributed by atoms with E-state index < -0.39 is 0 Å². The van der Waals surface area contributed by atoms with Crippen LogP contribution in [0.5, 0.6) is 0 Å². The smallest absolute Gasteiger partial charge is 0.0658 e. The van der Waals surface area contributed by atoms with E-state index in [9.17, 15) is 0 Å². The number of nitrogens with zero attached hydrogens (tertiary/aromatic N) is 3. The number of morpholine rings is 1. The summed E-state index contributed by atoms with van der Waals surface area (Å²) in [5, 5.41) is 6.08. The van der Waals surface area contributed by atoms with Gasteiger partial charge in [-0.2, -0.15) is 0 Å². The van der Waals surface area contributed by atoms with E-state index in [0.29, 0.717) is 0 Å². The van der Waals surface area contributed by atoms with Crippen LogP contribution in [0.2, 0.25) is 0 Å². The lowest BCUT2D eigenvalue weighted by molar-refractivity contribution is 0.0384. The molecule has 1 aliphatic heterocycles. The monoisotopic (exact) mass is 380 g/mol. The van der Waals surface area contributed by atoms with Crippen LogP contribution in [0.25, 0.3) is 10.8 Å². The van der Waals surface area contributed by atoms with Crippen molar-refractivity contribution in [2.75, 3.05) is 39.9 Å². The van der Waals surface area contributed by atoms with Gasteiger partial charge in [0, 0.05) is 44.2 Å². The molecular formula is C23H32N4O. The third-order valence-corrected chi connectivity index (χ3v) is 5.44. The van der Waals surface area contributed by atoms with Gasteiger partial charge in [0.1, 0.15) is 0 Å². The number of hydrogen-bond donors (Lipinski definition) is 1. The van der Waals surface area contributed by atoms with Crippen LogP contribution >= 0.6 is 0 Å². The Balaban J connectivity index is 1.84. The fraction of sp³-hybridized carbons (Fsp3) is 0.478. The number of fused-ring (bicyclic) bond motifs is 1. The van der Waals surface area contributed by atoms with E-state index in [1.807, 2.05) is 20.9 Å². The second kappa shape index (κ2) is 9.80. The summed E-state index contributed by atoms with van der Waals surface area (Å²) in [5.74, 6) is 0. The Labute approximate surface area is 168 Å². The standard InChI is InChI=1S/C23H32N4O/c1-5-21(17(2)24-4)25-18(3)23-16-19-8-6-7-9-20(19)22(26-23)10-11-27-12-14-28-15-13-27/h5-9,16,18,25H,10-15H2,1-4H3/b21-5+,24-17?/t18-/m0/s1. The van der Waals surface area contributed by atoms with Crippen molar-refractivity contribution in [3.63, 3.8) is 0 Å². The molecule has 1 fully saturated rings. The molecule has 1 saturated heterocycles. The van der Waals surface area contributed by atoms with Gasteiger partial charge in [0.05, 0.1) is 36.4 Å². The third-order valence-electron chi connectivity index (χ3n) is 5.44. The fourth-order valence-electron chi connectivity index (χ4n) is 3.62. The number of pyridine rings is 1. The molecule has 3 rings (SSSR count). The number of benzene rings is 1. The van der Waals surface area contributed by atoms with E-state index >= 15 is 0 Å². The van der Waals surface area contributed by atoms with Gasteiger partial charge in [-0.3, -0.25) is 14.9 Å². The Hall–Kier alpha value is -2.24. The lowest BCUT2D eigenvalue weighted by atomic mass is 10.0. The number of ether oxygens (including phenoxy) is 1. The number of aromatic nitrogens is 1. The van der Waals surface area contributed by atoms with Crippen LogP contribution in [0.3, 0.4) is 0 Å². The van der Waals surface area contributed by atoms with Crippen LogP contribution in [0, 0.1) is 0 Å². The van der Waals surface area contributed by atoms with Crippen LogP contribution < -0.4 is 5.32 Å². The molecule has 28 heavy (non-hydrogen) atoms. The summed E-state index contributed by atoms with van der Waals surface area (Å²) in [6.45, 7) is 10.9. The molecule has 1 atom stereocenters. The minimum Gasteiger partial charge on any atom is -0.379 e. The number of aliphatic imine (C=N–C) groups is 1. The first-order chi connectivity index (χ1) is 13.6. The van der Waals surface area contributed by atoms with E-state index in [1.54, 1.807) is 0 Å². The average Bonchev–Trinajstić information content (AvgIpc) is 2.75. The number of nitrogens with one attached hydrogen (secondary N) is 1. The quantitative estimate of drug-likeness (QED) is 0.743. The highest BCUT2D eigenvalue weighted by molar-refractivity contribution is 5.97. The Bertz CT molecular complexity index is 853. The molecule has 1 aromatic carbocycles. The van der Waals surface area contributed by atoms with Crippen molar-refractivity contribution in [2.45, 2.75) is 33.2 Å². The molecule has 5 heteroatoms. The highest BCUT2D eigenvalue weighted by Gasteiger charge is 2.15. The largest absolute Gasteiger partial charge is 0.379 e. The van der Waals surface area contributed by atoms with Gasteiger partial charge >= 0.3 is 0 Å². The minimum atomic E-state index is 0.106. The highest BCUT2D eigenvalue weighted by atomic mass is 16.5. The Kier molecular flexibility index (Phi) is 7.18. The van der Waals surface area contributed by atoms with Gasteiger partial charge in [-0.15, -0.1) is 0 Å². The maximum atomic E-state index is 5.47. The summed E-state index contributed by atoms with van der Waals surface area (Å²) in [6.07, 6.45) is 3.02. The van der Waals surface area contributed by atoms with Crippen molar-refractivity contribution in [3.05, 3.63) is 53.5 Å². The number of allylic oxidation sites excluding steroid dienone is 2. The van der Waals surface area contributed by atoms with Gasteiger partial charge in [0.15, 0.2) is 0 Å². The van der Waals surface area contributed by atoms with Crippen LogP contribution in [0.4, 0.5) is 0 Å². The molecule has 0 saturated carbocycles. The molecule has 5 nitrogen and oxygen atoms in total. The molecule has 1 aliphatic rings. The predicted molar refractivity (Wildman–Crippen MR) is 117 cm³/mol. The molecule has 0 aliphatic carbocycles. The van der Waals surface area contributed by atoms with E-state index in [1.165, 1.54) is 16.5 Å². The summed E-state index contributed by atoms with van der Waals surface area (Å²) in [6, 6.07) is 10.9. The van der Waals surface area contributed by atoms with Gasteiger partial charge < -0.3 is 10.1 Å². The van der Waals surface area contributed by atoms with Gasteiger partial charge in [-0.05, 0) is 32.2 Å². The molecule has 0 amide bonds. The van der Waals surface area contributed by atoms with Crippen LogP contribution in [-0.4, -0.2) is 55.5 Å². The second-order valence-corrected chi connectivity index (χ2v) is 7.30. The Morgan fingerprint density at radius 1 is 1.32 bits per heavy atom. The van der Waals surface area contributed by atoms with Crippen LogP contribution in [0.15, 0.2) is 47.1 Å². The molecule has 2 aromatic rings. The summed E-state index contributed by atoms with van der Waals surface area (Å²) in [7, 11) is 1.82. The second-order valence-electron chi connectivity index (χ2n) is 7.30. The molecule has 150 valence electrons. The van der Waals surface area contributed by atoms with Crippen LogP contribution in [-0.2, 0) is 11.2 Å². The van der Waals surface area contributed by atoms with Crippen molar-refractivity contribution in [2.24, 2.45) is 4.99 Å². The SMILES string of the molecule is C/C=C(/N[C@@H](C)c1cc2ccccc2c(CCN2CCOCC2)n1)C(C)=NC. The topological polar surface area (TPSA) is 49.8 Å². The zero-order chi connectivity index (χ0) is 19.9. The normalized spacial score (nSPS) is 17.7. The maximum absolute atomic E-state index is 5.47. The first kappa shape index (κ1) is 20.5. The minimum absolute atomic E-state index is 0.106. The average molecular weight is 381 g/mol. The van der Waals surface area contributed by atoms with Gasteiger partial charge in [0.25, 0.3) is 0 Å². The highest BCUT2D eigenvalue weighted by Crippen LogP contribution is 2.23. The summed E-state index contributed by atoms with van der Waals surface area (Å²) < 4.78 is 5.47. The van der Waals surface area contributed by atoms with Crippen molar-refractivity contribution in [3.8, 4) is 0 Å². The third kappa shape index (κ3) is 4.97. The number of rotatable bonds is 7. The van der Waals surface area contributed by atoms with Crippen molar-refractivity contribution < 1.29 is 4.74 Å². The first-order valence-corrected chi connectivity index (χ1v) is 10.2. The van der Waals surface area contributed by atoms with Crippen LogP contribution in [0.1, 0.15) is 38.2 Å². The zero-order valence-corrected chi connectivity index (χ0v) is 17.5. The van der Waals surface area contributed by atoms with E-state index in [0.717, 1.165) is 56.4 Å². The molecule has 0 radical (unpaired) electrons. The Morgan fingerprint density at radius 3 is 2.79 bits per heavy atom. The molecule has 1 aromatic heterocycles. The summed E-state index contributed by atoms with van der Waals surface area (Å²) >= 11 is 0. The van der Waals surface area contributed by atoms with Gasteiger partial charge in [-0.25, -0.2) is 0 Å². The zero-order valence-electron chi connectivity index (χ0n) is 17.5. The Morgan fingerprint density at radius 2 is 2.07 bits per heavy atom. The van der Waals surface area contributed by atoms with E-state index in [4.69, 9.17) is 9.72 Å². The molecule has 1 N–H and O–H groups in total. The maximum Gasteiger partial charge on any atom is 0.0658 e. The summed E-state index contributed by atoms with van der Waals surface area (Å²) in [4.78, 5) is 11.8. The van der Waals surface area contributed by atoms with Crippen molar-refractivity contribution in [1.82, 2.24) is 15.2 Å². The van der Waals surface area contributed by atoms with Gasteiger partial charge in [-0.1, -0.05) is 30.3 Å². The van der Waals surface area contributed by atoms with Gasteiger partial charge in [0.2, 0.25) is 0 Å². The predicted octanol–water partition coefficient (Wildman–Crippen LogP) is 3.75. The fourth-order valence-corrected chi connectivity index (χ4v) is 3.62. The molecule has 2 heterocycles. The molecule has 0 unspecified atom stereocenters. The summed E-state index contributed by atoms with van der Waals surface area (Å²) in [5.41, 5.74) is 4.30. The molecular weight excluding hydrogens is 348 g/mol. The lowest BCUT2D eigenvalue weighted by Gasteiger charge is -2.26. The van der Waals surface area contributed by atoms with Crippen molar-refractivity contribution >= 4 is 16.5 Å². The van der Waals surface area contributed by atoms with E-state index in [-0.39, 0.29) is 6.04 Å². The molecule has 0 bridgehead atoms. The lowest BCUT2D eigenvalue weighted by Crippen LogP contribution is -2.37.